The highest BCUT2D eigenvalue weighted by Crippen LogP contribution is 2.24. The third-order valence-electron chi connectivity index (χ3n) is 2.44. The van der Waals surface area contributed by atoms with E-state index in [1.165, 1.54) is 11.3 Å². The second-order valence-corrected chi connectivity index (χ2v) is 7.48. The minimum absolute atomic E-state index is 0.0182. The molecule has 6 heteroatoms. The molecule has 2 nitrogen and oxygen atoms in total. The van der Waals surface area contributed by atoms with Crippen molar-refractivity contribution in [1.82, 2.24) is 0 Å². The van der Waals surface area contributed by atoms with Crippen molar-refractivity contribution in [2.75, 3.05) is 5.75 Å². The Kier molecular flexibility index (Phi) is 5.33. The molecule has 0 aliphatic rings. The molecule has 1 atom stereocenters. The summed E-state index contributed by atoms with van der Waals surface area (Å²) in [6.45, 7) is 0. The van der Waals surface area contributed by atoms with Crippen LogP contribution in [-0.4, -0.2) is 15.7 Å². The lowest BCUT2D eigenvalue weighted by Gasteiger charge is -2.04. The van der Waals surface area contributed by atoms with Crippen molar-refractivity contribution in [2.24, 2.45) is 0 Å². The first-order valence-corrected chi connectivity index (χ1v) is 8.96. The normalized spacial score (nSPS) is 12.3. The van der Waals surface area contributed by atoms with E-state index in [0.717, 1.165) is 10.0 Å². The second-order valence-electron chi connectivity index (χ2n) is 3.84. The van der Waals surface area contributed by atoms with E-state index < -0.39 is 10.8 Å². The molecule has 0 bridgehead atoms. The van der Waals surface area contributed by atoms with Crippen molar-refractivity contribution in [3.8, 4) is 0 Å². The minimum Gasteiger partial charge on any atom is -0.292 e. The Labute approximate surface area is 131 Å². The van der Waals surface area contributed by atoms with Crippen LogP contribution >= 0.6 is 38.9 Å². The molecule has 0 amide bonds. The molecular weight excluding hydrogens is 368 g/mol. The number of Topliss-reactive ketones (excluding diaryl/α,β-unsaturated/α-hetero) is 1. The molecule has 2 rings (SSSR count). The van der Waals surface area contributed by atoms with Gasteiger partial charge in [-0.15, -0.1) is 11.3 Å². The van der Waals surface area contributed by atoms with Crippen LogP contribution in [0.25, 0.3) is 0 Å². The summed E-state index contributed by atoms with van der Waals surface area (Å²) in [5, 5.41) is 2.41. The first kappa shape index (κ1) is 14.9. The molecule has 0 radical (unpaired) electrons. The number of rotatable bonds is 5. The van der Waals surface area contributed by atoms with Gasteiger partial charge >= 0.3 is 0 Å². The van der Waals surface area contributed by atoms with Gasteiger partial charge in [0.15, 0.2) is 5.78 Å². The summed E-state index contributed by atoms with van der Waals surface area (Å²) in [4.78, 5) is 12.6. The summed E-state index contributed by atoms with van der Waals surface area (Å²) in [7, 11) is -1.25. The molecule has 19 heavy (non-hydrogen) atoms. The summed E-state index contributed by atoms with van der Waals surface area (Å²) >= 11 is 10.7. The fourth-order valence-electron chi connectivity index (χ4n) is 1.54. The number of hydrogen-bond acceptors (Lipinski definition) is 3. The van der Waals surface area contributed by atoms with Crippen LogP contribution in [0.5, 0.6) is 0 Å². The number of carbonyl (C=O) groups is 1. The van der Waals surface area contributed by atoms with Crippen molar-refractivity contribution in [2.45, 2.75) is 5.75 Å². The average Bonchev–Trinajstić information content (AvgIpc) is 2.78. The standard InChI is InChI=1S/C13H10BrClO2S2/c14-10-5-6-18-13(10)12(16)8-19(17)7-9-3-1-2-4-11(9)15/h1-6H,7-8H2. The number of hydrogen-bond donors (Lipinski definition) is 0. The summed E-state index contributed by atoms with van der Waals surface area (Å²) in [6.07, 6.45) is 0. The third-order valence-corrected chi connectivity index (χ3v) is 5.90. The van der Waals surface area contributed by atoms with Crippen molar-refractivity contribution in [3.05, 3.63) is 55.6 Å². The van der Waals surface area contributed by atoms with Crippen LogP contribution < -0.4 is 0 Å². The molecule has 0 spiro atoms. The number of thiophene rings is 1. The van der Waals surface area contributed by atoms with E-state index >= 15 is 0 Å². The lowest BCUT2D eigenvalue weighted by Crippen LogP contribution is -2.11. The predicted octanol–water partition coefficient (Wildman–Crippen LogP) is 4.30. The smallest absolute Gasteiger partial charge is 0.186 e. The first-order valence-electron chi connectivity index (χ1n) is 5.42. The zero-order valence-electron chi connectivity index (χ0n) is 9.77. The van der Waals surface area contributed by atoms with Crippen molar-refractivity contribution < 1.29 is 9.00 Å². The number of halogens is 2. The molecule has 0 N–H and O–H groups in total. The van der Waals surface area contributed by atoms with Crippen LogP contribution in [-0.2, 0) is 16.6 Å². The van der Waals surface area contributed by atoms with Crippen LogP contribution in [0.2, 0.25) is 5.02 Å². The monoisotopic (exact) mass is 376 g/mol. The average molecular weight is 378 g/mol. The zero-order valence-corrected chi connectivity index (χ0v) is 13.7. The van der Waals surface area contributed by atoms with E-state index in [-0.39, 0.29) is 11.5 Å². The molecule has 1 aromatic carbocycles. The lowest BCUT2D eigenvalue weighted by molar-refractivity contribution is 0.102. The van der Waals surface area contributed by atoms with Crippen molar-refractivity contribution in [3.63, 3.8) is 0 Å². The maximum Gasteiger partial charge on any atom is 0.186 e. The lowest BCUT2D eigenvalue weighted by atomic mass is 10.2. The summed E-state index contributed by atoms with van der Waals surface area (Å²) in [5.74, 6) is 0.214. The summed E-state index contributed by atoms with van der Waals surface area (Å²) in [6, 6.07) is 9.06. The molecule has 0 saturated carbocycles. The van der Waals surface area contributed by atoms with Gasteiger partial charge in [-0.3, -0.25) is 9.00 Å². The van der Waals surface area contributed by atoms with Gasteiger partial charge in [0.1, 0.15) is 0 Å². The van der Waals surface area contributed by atoms with Gasteiger partial charge in [-0.05, 0) is 39.0 Å². The predicted molar refractivity (Wildman–Crippen MR) is 84.5 cm³/mol. The molecule has 0 saturated heterocycles. The largest absolute Gasteiger partial charge is 0.292 e. The van der Waals surface area contributed by atoms with E-state index in [1.54, 1.807) is 6.07 Å². The van der Waals surface area contributed by atoms with Crippen LogP contribution in [0.4, 0.5) is 0 Å². The number of carbonyl (C=O) groups excluding carboxylic acids is 1. The van der Waals surface area contributed by atoms with Crippen LogP contribution in [0.1, 0.15) is 15.2 Å². The molecule has 0 aliphatic carbocycles. The molecule has 0 fully saturated rings. The molecule has 100 valence electrons. The quantitative estimate of drug-likeness (QED) is 0.728. The van der Waals surface area contributed by atoms with Crippen LogP contribution in [0, 0.1) is 0 Å². The van der Waals surface area contributed by atoms with Gasteiger partial charge in [-0.2, -0.15) is 0 Å². The number of benzene rings is 1. The van der Waals surface area contributed by atoms with Gasteiger partial charge in [0.25, 0.3) is 0 Å². The Hall–Kier alpha value is -0.490. The van der Waals surface area contributed by atoms with Crippen LogP contribution in [0.3, 0.4) is 0 Å². The Balaban J connectivity index is 2.01. The maximum absolute atomic E-state index is 12.0. The fourth-order valence-corrected chi connectivity index (χ4v) is 4.59. The van der Waals surface area contributed by atoms with Gasteiger partial charge in [0.2, 0.25) is 0 Å². The highest BCUT2D eigenvalue weighted by molar-refractivity contribution is 9.10. The van der Waals surface area contributed by atoms with E-state index in [2.05, 4.69) is 15.9 Å². The minimum atomic E-state index is -1.25. The summed E-state index contributed by atoms with van der Waals surface area (Å²) < 4.78 is 12.8. The van der Waals surface area contributed by atoms with Gasteiger partial charge in [-0.25, -0.2) is 0 Å². The van der Waals surface area contributed by atoms with Gasteiger partial charge in [-0.1, -0.05) is 29.8 Å². The SMILES string of the molecule is O=C(CS(=O)Cc1ccccc1Cl)c1sccc1Br. The summed E-state index contributed by atoms with van der Waals surface area (Å²) in [5.41, 5.74) is 0.806. The van der Waals surface area contributed by atoms with Gasteiger partial charge in [0.05, 0.1) is 16.4 Å². The first-order chi connectivity index (χ1) is 9.08. The zero-order chi connectivity index (χ0) is 13.8. The van der Waals surface area contributed by atoms with E-state index in [4.69, 9.17) is 11.6 Å². The Bertz CT molecular complexity index is 625. The Morgan fingerprint density at radius 3 is 2.68 bits per heavy atom. The van der Waals surface area contributed by atoms with E-state index in [0.29, 0.717) is 15.7 Å². The second kappa shape index (κ2) is 6.79. The third kappa shape index (κ3) is 3.99. The van der Waals surface area contributed by atoms with Gasteiger partial charge < -0.3 is 0 Å². The Morgan fingerprint density at radius 2 is 2.05 bits per heavy atom. The van der Waals surface area contributed by atoms with Crippen LogP contribution in [0.15, 0.2) is 40.2 Å². The highest BCUT2D eigenvalue weighted by atomic mass is 79.9. The van der Waals surface area contributed by atoms with E-state index in [9.17, 15) is 9.00 Å². The van der Waals surface area contributed by atoms with Crippen molar-refractivity contribution in [1.29, 1.82) is 0 Å². The van der Waals surface area contributed by atoms with Crippen molar-refractivity contribution >= 4 is 55.5 Å². The molecule has 2 aromatic rings. The number of ketones is 1. The molecular formula is C13H10BrClO2S2. The highest BCUT2D eigenvalue weighted by Gasteiger charge is 2.15. The van der Waals surface area contributed by atoms with Gasteiger partial charge in [0, 0.05) is 20.3 Å². The fraction of sp³-hybridized carbons (Fsp3) is 0.154. The molecule has 1 heterocycles. The van der Waals surface area contributed by atoms with E-state index in [1.807, 2.05) is 29.6 Å². The topological polar surface area (TPSA) is 34.1 Å². The maximum atomic E-state index is 12.0. The molecule has 1 unspecified atom stereocenters. The molecule has 0 aliphatic heterocycles. The Morgan fingerprint density at radius 1 is 1.32 bits per heavy atom. The molecule has 1 aromatic heterocycles.